The van der Waals surface area contributed by atoms with E-state index in [1.54, 1.807) is 12.1 Å². The summed E-state index contributed by atoms with van der Waals surface area (Å²) in [5.74, 6) is -5.52. The van der Waals surface area contributed by atoms with Crippen molar-refractivity contribution in [2.75, 3.05) is 0 Å². The van der Waals surface area contributed by atoms with E-state index in [4.69, 9.17) is 4.74 Å². The average Bonchev–Trinajstić information content (AvgIpc) is 2.60. The number of aryl methyl sites for hydroxylation is 1. The molecule has 2 rings (SSSR count). The molecule has 0 saturated carbocycles. The molecule has 0 bridgehead atoms. The second kappa shape index (κ2) is 9.25. The zero-order chi connectivity index (χ0) is 18.2. The Bertz CT molecular complexity index is 688. The number of halogens is 3. The van der Waals surface area contributed by atoms with Gasteiger partial charge in [-0.05, 0) is 30.5 Å². The van der Waals surface area contributed by atoms with E-state index in [-0.39, 0.29) is 11.3 Å². The van der Waals surface area contributed by atoms with Gasteiger partial charge in [0, 0.05) is 12.1 Å². The standard InChI is InChI=1S/C20H21F3O2/c1-2-3-4-5-6-7-14-8-10-15(11-9-14)20(24)25-16-12-17(21)19(23)18(22)13-16/h8-13H,2-7H2,1H3. The van der Waals surface area contributed by atoms with Crippen molar-refractivity contribution in [3.63, 3.8) is 0 Å². The van der Waals surface area contributed by atoms with E-state index in [9.17, 15) is 18.0 Å². The second-order valence-corrected chi connectivity index (χ2v) is 5.95. The summed E-state index contributed by atoms with van der Waals surface area (Å²) in [7, 11) is 0. The van der Waals surface area contributed by atoms with Crippen LogP contribution in [0.4, 0.5) is 13.2 Å². The van der Waals surface area contributed by atoms with Gasteiger partial charge >= 0.3 is 5.97 Å². The van der Waals surface area contributed by atoms with Crippen LogP contribution >= 0.6 is 0 Å². The minimum absolute atomic E-state index is 0.264. The fourth-order valence-electron chi connectivity index (χ4n) is 2.50. The smallest absolute Gasteiger partial charge is 0.343 e. The van der Waals surface area contributed by atoms with Crippen molar-refractivity contribution >= 4 is 5.97 Å². The zero-order valence-corrected chi connectivity index (χ0v) is 14.2. The van der Waals surface area contributed by atoms with E-state index >= 15 is 0 Å². The van der Waals surface area contributed by atoms with Gasteiger partial charge in [-0.2, -0.15) is 0 Å². The van der Waals surface area contributed by atoms with Crippen LogP contribution in [0, 0.1) is 17.5 Å². The maximum atomic E-state index is 13.1. The Balaban J connectivity index is 1.92. The number of benzene rings is 2. The highest BCUT2D eigenvalue weighted by Crippen LogP contribution is 2.20. The molecule has 0 spiro atoms. The van der Waals surface area contributed by atoms with Gasteiger partial charge in [-0.25, -0.2) is 18.0 Å². The molecular formula is C20H21F3O2. The Labute approximate surface area is 145 Å². The van der Waals surface area contributed by atoms with Crippen molar-refractivity contribution in [2.45, 2.75) is 45.4 Å². The molecule has 5 heteroatoms. The number of hydrogen-bond acceptors (Lipinski definition) is 2. The molecule has 0 aliphatic heterocycles. The summed E-state index contributed by atoms with van der Waals surface area (Å²) in [5.41, 5.74) is 1.38. The van der Waals surface area contributed by atoms with Gasteiger partial charge in [-0.1, -0.05) is 44.7 Å². The van der Waals surface area contributed by atoms with Crippen molar-refractivity contribution in [3.8, 4) is 5.75 Å². The molecule has 0 aromatic heterocycles. The van der Waals surface area contributed by atoms with Gasteiger partial charge in [0.25, 0.3) is 0 Å². The molecule has 0 N–H and O–H groups in total. The molecule has 134 valence electrons. The first-order chi connectivity index (χ1) is 12.0. The number of unbranched alkanes of at least 4 members (excludes halogenated alkanes) is 4. The largest absolute Gasteiger partial charge is 0.423 e. The molecule has 0 aliphatic carbocycles. The molecule has 2 aromatic carbocycles. The van der Waals surface area contributed by atoms with E-state index < -0.39 is 23.4 Å². The van der Waals surface area contributed by atoms with Crippen molar-refractivity contribution in [2.24, 2.45) is 0 Å². The van der Waals surface area contributed by atoms with Crippen LogP contribution in [0.3, 0.4) is 0 Å². The first-order valence-corrected chi connectivity index (χ1v) is 8.47. The lowest BCUT2D eigenvalue weighted by atomic mass is 10.0. The van der Waals surface area contributed by atoms with E-state index in [2.05, 4.69) is 6.92 Å². The monoisotopic (exact) mass is 350 g/mol. The lowest BCUT2D eigenvalue weighted by Gasteiger charge is -2.07. The number of carbonyl (C=O) groups excluding carboxylic acids is 1. The third kappa shape index (κ3) is 5.62. The maximum Gasteiger partial charge on any atom is 0.343 e. The summed E-state index contributed by atoms with van der Waals surface area (Å²) in [6.07, 6.45) is 6.89. The van der Waals surface area contributed by atoms with E-state index in [0.717, 1.165) is 18.4 Å². The number of ether oxygens (including phenoxy) is 1. The Morgan fingerprint density at radius 2 is 1.52 bits per heavy atom. The molecule has 2 nitrogen and oxygen atoms in total. The zero-order valence-electron chi connectivity index (χ0n) is 14.2. The Morgan fingerprint density at radius 1 is 0.920 bits per heavy atom. The summed E-state index contributed by atoms with van der Waals surface area (Å²) in [5, 5.41) is 0. The predicted molar refractivity (Wildman–Crippen MR) is 90.2 cm³/mol. The molecule has 0 unspecified atom stereocenters. The van der Waals surface area contributed by atoms with E-state index in [0.29, 0.717) is 12.1 Å². The molecule has 0 heterocycles. The molecular weight excluding hydrogens is 329 g/mol. The SMILES string of the molecule is CCCCCCCc1ccc(C(=O)Oc2cc(F)c(F)c(F)c2)cc1. The van der Waals surface area contributed by atoms with Gasteiger partial charge in [0.15, 0.2) is 17.5 Å². The van der Waals surface area contributed by atoms with E-state index in [1.165, 1.54) is 25.7 Å². The molecule has 0 fully saturated rings. The van der Waals surface area contributed by atoms with Gasteiger partial charge < -0.3 is 4.74 Å². The molecule has 0 radical (unpaired) electrons. The molecule has 0 aliphatic rings. The van der Waals surface area contributed by atoms with Crippen LogP contribution < -0.4 is 4.74 Å². The van der Waals surface area contributed by atoms with Crippen LogP contribution in [-0.4, -0.2) is 5.97 Å². The van der Waals surface area contributed by atoms with Gasteiger partial charge in [-0.15, -0.1) is 0 Å². The highest BCUT2D eigenvalue weighted by Gasteiger charge is 2.14. The molecule has 25 heavy (non-hydrogen) atoms. The summed E-state index contributed by atoms with van der Waals surface area (Å²) in [6, 6.07) is 8.17. The second-order valence-electron chi connectivity index (χ2n) is 5.95. The molecule has 2 aromatic rings. The fourth-order valence-corrected chi connectivity index (χ4v) is 2.50. The van der Waals surface area contributed by atoms with Crippen LogP contribution in [-0.2, 0) is 6.42 Å². The molecule has 0 saturated heterocycles. The highest BCUT2D eigenvalue weighted by atomic mass is 19.2. The molecule has 0 atom stereocenters. The maximum absolute atomic E-state index is 13.1. The first kappa shape index (κ1) is 19.0. The third-order valence-corrected chi connectivity index (χ3v) is 3.93. The van der Waals surface area contributed by atoms with Crippen molar-refractivity contribution in [1.82, 2.24) is 0 Å². The van der Waals surface area contributed by atoms with Gasteiger partial charge in [0.2, 0.25) is 0 Å². The quantitative estimate of drug-likeness (QED) is 0.259. The number of hydrogen-bond donors (Lipinski definition) is 0. The minimum Gasteiger partial charge on any atom is -0.423 e. The summed E-state index contributed by atoms with van der Waals surface area (Å²) >= 11 is 0. The summed E-state index contributed by atoms with van der Waals surface area (Å²) in [4.78, 5) is 12.0. The topological polar surface area (TPSA) is 26.3 Å². The minimum atomic E-state index is -1.59. The van der Waals surface area contributed by atoms with Gasteiger partial charge in [0.05, 0.1) is 5.56 Å². The Hall–Kier alpha value is -2.30. The highest BCUT2D eigenvalue weighted by molar-refractivity contribution is 5.91. The summed E-state index contributed by atoms with van der Waals surface area (Å²) < 4.78 is 44.1. The number of esters is 1. The number of carbonyl (C=O) groups is 1. The van der Waals surface area contributed by atoms with Crippen LogP contribution in [0.15, 0.2) is 36.4 Å². The average molecular weight is 350 g/mol. The summed E-state index contributed by atoms with van der Waals surface area (Å²) in [6.45, 7) is 2.17. The predicted octanol–water partition coefficient (Wildman–Crippen LogP) is 5.84. The van der Waals surface area contributed by atoms with Crippen LogP contribution in [0.5, 0.6) is 5.75 Å². The van der Waals surface area contributed by atoms with Crippen LogP contribution in [0.25, 0.3) is 0 Å². The van der Waals surface area contributed by atoms with Crippen LogP contribution in [0.2, 0.25) is 0 Å². The third-order valence-electron chi connectivity index (χ3n) is 3.93. The number of rotatable bonds is 8. The lowest BCUT2D eigenvalue weighted by molar-refractivity contribution is 0.0733. The van der Waals surface area contributed by atoms with Crippen LogP contribution in [0.1, 0.15) is 54.9 Å². The molecule has 0 amide bonds. The van der Waals surface area contributed by atoms with E-state index in [1.807, 2.05) is 12.1 Å². The normalized spacial score (nSPS) is 10.7. The Kier molecular flexibility index (Phi) is 7.04. The van der Waals surface area contributed by atoms with Gasteiger partial charge in [0.1, 0.15) is 5.75 Å². The Morgan fingerprint density at radius 3 is 2.12 bits per heavy atom. The first-order valence-electron chi connectivity index (χ1n) is 8.47. The van der Waals surface area contributed by atoms with Gasteiger partial charge in [-0.3, -0.25) is 0 Å². The van der Waals surface area contributed by atoms with Crippen molar-refractivity contribution in [1.29, 1.82) is 0 Å². The lowest BCUT2D eigenvalue weighted by Crippen LogP contribution is -2.09. The van der Waals surface area contributed by atoms with Crippen molar-refractivity contribution in [3.05, 3.63) is 65.0 Å². The fraction of sp³-hybridized carbons (Fsp3) is 0.350. The van der Waals surface area contributed by atoms with Crippen molar-refractivity contribution < 1.29 is 22.7 Å².